The molecule has 182 valence electrons. The van der Waals surface area contributed by atoms with Crippen LogP contribution >= 0.6 is 23.1 Å². The van der Waals surface area contributed by atoms with Crippen LogP contribution in [-0.4, -0.2) is 30.1 Å². The van der Waals surface area contributed by atoms with Crippen molar-refractivity contribution >= 4 is 51.6 Å². The highest BCUT2D eigenvalue weighted by Gasteiger charge is 2.31. The Bertz CT molecular complexity index is 1240. The summed E-state index contributed by atoms with van der Waals surface area (Å²) in [7, 11) is 1.37. The topological polar surface area (TPSA) is 84.5 Å². The molecule has 35 heavy (non-hydrogen) atoms. The highest BCUT2D eigenvalue weighted by molar-refractivity contribution is 8.00. The molecule has 3 aromatic rings. The molecule has 0 spiro atoms. The molecule has 2 unspecified atom stereocenters. The molecule has 0 radical (unpaired) electrons. The van der Waals surface area contributed by atoms with Crippen LogP contribution in [0.15, 0.2) is 59.5 Å². The summed E-state index contributed by atoms with van der Waals surface area (Å²) in [5.74, 6) is -0.367. The lowest BCUT2D eigenvalue weighted by molar-refractivity contribution is -0.115. The van der Waals surface area contributed by atoms with Crippen LogP contribution in [-0.2, 0) is 27.2 Å². The van der Waals surface area contributed by atoms with Crippen LogP contribution in [0.4, 0.5) is 10.7 Å². The van der Waals surface area contributed by atoms with Gasteiger partial charge in [-0.1, -0.05) is 36.4 Å². The fourth-order valence-electron chi connectivity index (χ4n) is 4.32. The number of ether oxygens (including phenoxy) is 1. The molecule has 1 aromatic heterocycles. The largest absolute Gasteiger partial charge is 0.465 e. The highest BCUT2D eigenvalue weighted by Crippen LogP contribution is 2.43. The Kier molecular flexibility index (Phi) is 7.93. The predicted octanol–water partition coefficient (Wildman–Crippen LogP) is 5.88. The third-order valence-electron chi connectivity index (χ3n) is 6.00. The van der Waals surface area contributed by atoms with Crippen LogP contribution in [0, 0.1) is 0 Å². The van der Waals surface area contributed by atoms with Crippen molar-refractivity contribution in [1.82, 2.24) is 0 Å². The molecular weight excluding hydrogens is 480 g/mol. The summed E-state index contributed by atoms with van der Waals surface area (Å²) in [6.07, 6.45) is 2.55. The van der Waals surface area contributed by atoms with Crippen molar-refractivity contribution in [2.24, 2.45) is 0 Å². The molecule has 0 fully saturated rings. The molecule has 0 saturated heterocycles. The van der Waals surface area contributed by atoms with E-state index in [9.17, 15) is 14.4 Å². The Morgan fingerprint density at radius 1 is 1.09 bits per heavy atom. The molecule has 2 atom stereocenters. The second-order valence-corrected chi connectivity index (χ2v) is 11.0. The van der Waals surface area contributed by atoms with E-state index in [1.165, 1.54) is 42.7 Å². The highest BCUT2D eigenvalue weighted by atomic mass is 32.2. The van der Waals surface area contributed by atoms with Gasteiger partial charge >= 0.3 is 5.97 Å². The van der Waals surface area contributed by atoms with Gasteiger partial charge < -0.3 is 15.4 Å². The predicted molar refractivity (Wildman–Crippen MR) is 142 cm³/mol. The van der Waals surface area contributed by atoms with E-state index in [2.05, 4.69) is 34.9 Å². The first-order chi connectivity index (χ1) is 16.9. The SMILES string of the molecule is COC(=O)c1c(NC(=O)C(C)Sc2cccc(NC(C)=O)c2)sc2c1CCC(c1ccccc1)C2. The summed E-state index contributed by atoms with van der Waals surface area (Å²) >= 11 is 2.87. The molecule has 2 N–H and O–H groups in total. The molecule has 6 nitrogen and oxygen atoms in total. The number of amides is 2. The fraction of sp³-hybridized carbons (Fsp3) is 0.296. The Morgan fingerprint density at radius 2 is 1.86 bits per heavy atom. The fourth-order valence-corrected chi connectivity index (χ4v) is 6.57. The summed E-state index contributed by atoms with van der Waals surface area (Å²) in [4.78, 5) is 39.1. The van der Waals surface area contributed by atoms with Gasteiger partial charge in [0.2, 0.25) is 11.8 Å². The molecular formula is C27H28N2O4S2. The van der Waals surface area contributed by atoms with Crippen LogP contribution in [0.3, 0.4) is 0 Å². The van der Waals surface area contributed by atoms with E-state index in [0.29, 0.717) is 22.2 Å². The number of thiophene rings is 1. The number of esters is 1. The number of fused-ring (bicyclic) bond motifs is 1. The number of nitrogens with one attached hydrogen (secondary N) is 2. The second-order valence-electron chi connectivity index (χ2n) is 8.51. The zero-order valence-electron chi connectivity index (χ0n) is 19.9. The maximum Gasteiger partial charge on any atom is 0.341 e. The molecule has 0 aliphatic heterocycles. The number of methoxy groups -OCH3 is 1. The second kappa shape index (κ2) is 11.1. The molecule has 2 amide bonds. The van der Waals surface area contributed by atoms with Crippen LogP contribution < -0.4 is 10.6 Å². The number of rotatable bonds is 7. The Labute approximate surface area is 213 Å². The monoisotopic (exact) mass is 508 g/mol. The van der Waals surface area contributed by atoms with Crippen LogP contribution in [0.25, 0.3) is 0 Å². The van der Waals surface area contributed by atoms with Gasteiger partial charge in [0.15, 0.2) is 0 Å². The first-order valence-electron chi connectivity index (χ1n) is 11.5. The number of anilines is 2. The smallest absolute Gasteiger partial charge is 0.341 e. The van der Waals surface area contributed by atoms with Crippen molar-refractivity contribution in [3.8, 4) is 0 Å². The summed E-state index contributed by atoms with van der Waals surface area (Å²) in [5, 5.41) is 5.89. The van der Waals surface area contributed by atoms with Gasteiger partial charge in [-0.3, -0.25) is 9.59 Å². The molecule has 0 bridgehead atoms. The molecule has 1 aliphatic carbocycles. The van der Waals surface area contributed by atoms with Crippen molar-refractivity contribution in [2.45, 2.75) is 49.2 Å². The molecule has 4 rings (SSSR count). The van der Waals surface area contributed by atoms with E-state index in [4.69, 9.17) is 4.74 Å². The van der Waals surface area contributed by atoms with E-state index in [0.717, 1.165) is 34.6 Å². The van der Waals surface area contributed by atoms with E-state index >= 15 is 0 Å². The van der Waals surface area contributed by atoms with Gasteiger partial charge in [-0.05, 0) is 61.4 Å². The zero-order chi connectivity index (χ0) is 24.9. The first-order valence-corrected chi connectivity index (χ1v) is 13.2. The average Bonchev–Trinajstić information content (AvgIpc) is 3.20. The standard InChI is InChI=1S/C27H28N2O4S2/c1-16(34-21-11-7-10-20(15-21)28-17(2)30)25(31)29-26-24(27(32)33-3)22-13-12-19(14-23(22)35-26)18-8-5-4-6-9-18/h4-11,15-16,19H,12-14H2,1-3H3,(H,28,30)(H,29,31). The molecule has 0 saturated carbocycles. The van der Waals surface area contributed by atoms with Crippen molar-refractivity contribution in [3.63, 3.8) is 0 Å². The number of hydrogen-bond donors (Lipinski definition) is 2. The lowest BCUT2D eigenvalue weighted by atomic mass is 9.83. The van der Waals surface area contributed by atoms with Crippen molar-refractivity contribution < 1.29 is 19.1 Å². The summed E-state index contributed by atoms with van der Waals surface area (Å²) in [6.45, 7) is 3.28. The van der Waals surface area contributed by atoms with Crippen LogP contribution in [0.2, 0.25) is 0 Å². The average molecular weight is 509 g/mol. The van der Waals surface area contributed by atoms with Gasteiger partial charge in [0.25, 0.3) is 0 Å². The minimum atomic E-state index is -0.417. The van der Waals surface area contributed by atoms with E-state index < -0.39 is 11.2 Å². The number of carbonyl (C=O) groups excluding carboxylic acids is 3. The quantitative estimate of drug-likeness (QED) is 0.307. The van der Waals surface area contributed by atoms with E-state index in [1.807, 2.05) is 31.2 Å². The number of thioether (sulfide) groups is 1. The summed E-state index contributed by atoms with van der Waals surface area (Å²) < 4.78 is 5.07. The Morgan fingerprint density at radius 3 is 2.57 bits per heavy atom. The minimum absolute atomic E-state index is 0.149. The lowest BCUT2D eigenvalue weighted by Crippen LogP contribution is -2.23. The molecule has 2 aromatic carbocycles. The van der Waals surface area contributed by atoms with Crippen molar-refractivity contribution in [3.05, 3.63) is 76.2 Å². The lowest BCUT2D eigenvalue weighted by Gasteiger charge is -2.22. The third-order valence-corrected chi connectivity index (χ3v) is 8.26. The van der Waals surface area contributed by atoms with Crippen LogP contribution in [0.5, 0.6) is 0 Å². The van der Waals surface area contributed by atoms with Gasteiger partial charge in [-0.2, -0.15) is 0 Å². The zero-order valence-corrected chi connectivity index (χ0v) is 21.6. The summed E-state index contributed by atoms with van der Waals surface area (Å²) in [5.41, 5.74) is 3.45. The first kappa shape index (κ1) is 25.0. The molecule has 1 heterocycles. The van der Waals surface area contributed by atoms with Crippen molar-refractivity contribution in [1.29, 1.82) is 0 Å². The minimum Gasteiger partial charge on any atom is -0.465 e. The normalized spacial score (nSPS) is 15.6. The van der Waals surface area contributed by atoms with E-state index in [-0.39, 0.29) is 11.8 Å². The number of carbonyl (C=O) groups is 3. The van der Waals surface area contributed by atoms with Crippen molar-refractivity contribution in [2.75, 3.05) is 17.7 Å². The Hall–Kier alpha value is -3.10. The Balaban J connectivity index is 1.51. The molecule has 8 heteroatoms. The maximum atomic E-state index is 13.1. The van der Waals surface area contributed by atoms with Gasteiger partial charge in [0.1, 0.15) is 5.00 Å². The van der Waals surface area contributed by atoms with Gasteiger partial charge in [0, 0.05) is 22.4 Å². The third kappa shape index (κ3) is 5.94. The van der Waals surface area contributed by atoms with Gasteiger partial charge in [0.05, 0.1) is 17.9 Å². The number of hydrogen-bond acceptors (Lipinski definition) is 6. The van der Waals surface area contributed by atoms with Crippen LogP contribution in [0.1, 0.15) is 52.5 Å². The van der Waals surface area contributed by atoms with Gasteiger partial charge in [-0.25, -0.2) is 4.79 Å². The summed E-state index contributed by atoms with van der Waals surface area (Å²) in [6, 6.07) is 17.8. The van der Waals surface area contributed by atoms with E-state index in [1.54, 1.807) is 6.07 Å². The van der Waals surface area contributed by atoms with Gasteiger partial charge in [-0.15, -0.1) is 23.1 Å². The molecule has 1 aliphatic rings. The maximum absolute atomic E-state index is 13.1. The number of benzene rings is 2.